The molecule has 0 radical (unpaired) electrons. The van der Waals surface area contributed by atoms with Crippen molar-refractivity contribution in [3.8, 4) is 0 Å². The first-order chi connectivity index (χ1) is 10.9. The molecule has 0 fully saturated rings. The van der Waals surface area contributed by atoms with Gasteiger partial charge >= 0.3 is 0 Å². The third kappa shape index (κ3) is 3.96. The van der Waals surface area contributed by atoms with Gasteiger partial charge in [0.2, 0.25) is 10.0 Å². The van der Waals surface area contributed by atoms with Crippen molar-refractivity contribution in [2.75, 3.05) is 20.1 Å². The van der Waals surface area contributed by atoms with Gasteiger partial charge < -0.3 is 5.73 Å². The molecule has 2 aromatic rings. The van der Waals surface area contributed by atoms with Crippen LogP contribution in [0.5, 0.6) is 0 Å². The summed E-state index contributed by atoms with van der Waals surface area (Å²) in [5.74, 6) is 0. The standard InChI is InChI=1S/C17H27N3O2S2/c1-16(2,3)15-19-13-8-7-12(9-14(13)23-15)24(21,22)20(6)11-17(4,5)10-18/h7-9H,10-11,18H2,1-6H3. The van der Waals surface area contributed by atoms with Gasteiger partial charge in [0.05, 0.1) is 20.1 Å². The lowest BCUT2D eigenvalue weighted by Gasteiger charge is -2.28. The van der Waals surface area contributed by atoms with Gasteiger partial charge in [0.15, 0.2) is 0 Å². The monoisotopic (exact) mass is 369 g/mol. The van der Waals surface area contributed by atoms with Crippen molar-refractivity contribution in [2.24, 2.45) is 11.1 Å². The van der Waals surface area contributed by atoms with Crippen LogP contribution >= 0.6 is 11.3 Å². The number of thiazole rings is 1. The highest BCUT2D eigenvalue weighted by Crippen LogP contribution is 2.33. The molecule has 0 saturated carbocycles. The number of fused-ring (bicyclic) bond motifs is 1. The van der Waals surface area contributed by atoms with E-state index in [4.69, 9.17) is 5.73 Å². The third-order valence-electron chi connectivity index (χ3n) is 3.91. The van der Waals surface area contributed by atoms with Crippen molar-refractivity contribution in [1.82, 2.24) is 9.29 Å². The molecule has 1 aromatic heterocycles. The fourth-order valence-corrected chi connectivity index (χ4v) is 4.84. The van der Waals surface area contributed by atoms with Gasteiger partial charge in [-0.2, -0.15) is 0 Å². The molecule has 0 unspecified atom stereocenters. The van der Waals surface area contributed by atoms with Crippen LogP contribution in [0.25, 0.3) is 10.2 Å². The van der Waals surface area contributed by atoms with Crippen LogP contribution in [0.1, 0.15) is 39.6 Å². The van der Waals surface area contributed by atoms with E-state index in [-0.39, 0.29) is 10.8 Å². The normalized spacial score (nSPS) is 13.8. The van der Waals surface area contributed by atoms with E-state index >= 15 is 0 Å². The van der Waals surface area contributed by atoms with Crippen LogP contribution in [-0.2, 0) is 15.4 Å². The molecule has 0 aliphatic carbocycles. The van der Waals surface area contributed by atoms with E-state index in [9.17, 15) is 8.42 Å². The summed E-state index contributed by atoms with van der Waals surface area (Å²) >= 11 is 1.55. The van der Waals surface area contributed by atoms with Crippen LogP contribution in [0.2, 0.25) is 0 Å². The van der Waals surface area contributed by atoms with Gasteiger partial charge in [-0.1, -0.05) is 34.6 Å². The maximum Gasteiger partial charge on any atom is 0.242 e. The van der Waals surface area contributed by atoms with Crippen molar-refractivity contribution in [3.05, 3.63) is 23.2 Å². The van der Waals surface area contributed by atoms with Crippen molar-refractivity contribution in [3.63, 3.8) is 0 Å². The van der Waals surface area contributed by atoms with Crippen molar-refractivity contribution < 1.29 is 8.42 Å². The van der Waals surface area contributed by atoms with Crippen LogP contribution in [0, 0.1) is 5.41 Å². The topological polar surface area (TPSA) is 76.3 Å². The van der Waals surface area contributed by atoms with Crippen LogP contribution in [0.15, 0.2) is 23.1 Å². The van der Waals surface area contributed by atoms with E-state index in [1.165, 1.54) is 4.31 Å². The Morgan fingerprint density at radius 2 is 1.83 bits per heavy atom. The predicted octanol–water partition coefficient (Wildman–Crippen LogP) is 3.20. The molecule has 1 aromatic carbocycles. The molecule has 0 saturated heterocycles. The van der Waals surface area contributed by atoms with E-state index in [1.54, 1.807) is 36.6 Å². The second kappa shape index (κ2) is 6.37. The highest BCUT2D eigenvalue weighted by Gasteiger charge is 2.28. The number of hydrogen-bond acceptors (Lipinski definition) is 5. The molecule has 0 bridgehead atoms. The summed E-state index contributed by atoms with van der Waals surface area (Å²) in [6, 6.07) is 5.15. The summed E-state index contributed by atoms with van der Waals surface area (Å²) in [7, 11) is -1.94. The largest absolute Gasteiger partial charge is 0.330 e. The molecule has 5 nitrogen and oxygen atoms in total. The lowest BCUT2D eigenvalue weighted by molar-refractivity contribution is 0.292. The number of nitrogens with two attached hydrogens (primary N) is 1. The number of benzene rings is 1. The Morgan fingerprint density at radius 1 is 1.21 bits per heavy atom. The molecule has 0 spiro atoms. The maximum atomic E-state index is 12.8. The van der Waals surface area contributed by atoms with Gasteiger partial charge in [-0.3, -0.25) is 0 Å². The van der Waals surface area contributed by atoms with Crippen LogP contribution < -0.4 is 5.73 Å². The molecule has 24 heavy (non-hydrogen) atoms. The molecular formula is C17H27N3O2S2. The van der Waals surface area contributed by atoms with Crippen molar-refractivity contribution in [2.45, 2.75) is 44.9 Å². The summed E-state index contributed by atoms with van der Waals surface area (Å²) in [4.78, 5) is 4.92. The number of hydrogen-bond donors (Lipinski definition) is 1. The Morgan fingerprint density at radius 3 is 2.38 bits per heavy atom. The Hall–Kier alpha value is -1.02. The molecule has 1 heterocycles. The zero-order valence-corrected chi connectivity index (χ0v) is 16.9. The second-order valence-electron chi connectivity index (χ2n) is 8.03. The van der Waals surface area contributed by atoms with Gasteiger partial charge in [-0.05, 0) is 30.2 Å². The summed E-state index contributed by atoms with van der Waals surface area (Å²) in [6.45, 7) is 11.0. The highest BCUT2D eigenvalue weighted by molar-refractivity contribution is 7.89. The highest BCUT2D eigenvalue weighted by atomic mass is 32.2. The van der Waals surface area contributed by atoms with E-state index < -0.39 is 10.0 Å². The zero-order valence-electron chi connectivity index (χ0n) is 15.3. The molecule has 0 aliphatic rings. The SMILES string of the molecule is CN(CC(C)(C)CN)S(=O)(=O)c1ccc2nc(C(C)(C)C)sc2c1. The Bertz CT molecular complexity index is 833. The number of aromatic nitrogens is 1. The summed E-state index contributed by atoms with van der Waals surface area (Å²) in [5.41, 5.74) is 6.25. The molecular weight excluding hydrogens is 342 g/mol. The second-order valence-corrected chi connectivity index (χ2v) is 11.1. The van der Waals surface area contributed by atoms with Crippen LogP contribution in [0.4, 0.5) is 0 Å². The fourth-order valence-electron chi connectivity index (χ4n) is 2.32. The Labute approximate surface area is 148 Å². The first-order valence-electron chi connectivity index (χ1n) is 7.94. The smallest absolute Gasteiger partial charge is 0.242 e. The van der Waals surface area contributed by atoms with Gasteiger partial charge in [0, 0.05) is 19.0 Å². The van der Waals surface area contributed by atoms with Crippen molar-refractivity contribution in [1.29, 1.82) is 0 Å². The Kier molecular flexibility index (Phi) is 5.12. The molecule has 7 heteroatoms. The average molecular weight is 370 g/mol. The maximum absolute atomic E-state index is 12.8. The Balaban J connectivity index is 2.40. The minimum atomic E-state index is -3.54. The van der Waals surface area contributed by atoms with Crippen molar-refractivity contribution >= 4 is 31.6 Å². The summed E-state index contributed by atoms with van der Waals surface area (Å²) in [5, 5.41) is 1.00. The van der Waals surface area contributed by atoms with Gasteiger partial charge in [0.1, 0.15) is 0 Å². The van der Waals surface area contributed by atoms with E-state index in [1.807, 2.05) is 13.8 Å². The van der Waals surface area contributed by atoms with E-state index in [0.29, 0.717) is 18.0 Å². The molecule has 2 rings (SSSR count). The zero-order chi connectivity index (χ0) is 18.3. The third-order valence-corrected chi connectivity index (χ3v) is 7.16. The molecule has 0 atom stereocenters. The van der Waals surface area contributed by atoms with Gasteiger partial charge in [-0.25, -0.2) is 17.7 Å². The first kappa shape index (κ1) is 19.3. The molecule has 0 amide bonds. The number of nitrogens with zero attached hydrogens (tertiary/aromatic N) is 2. The molecule has 134 valence electrons. The van der Waals surface area contributed by atoms with Gasteiger partial charge in [0.25, 0.3) is 0 Å². The van der Waals surface area contributed by atoms with Gasteiger partial charge in [-0.15, -0.1) is 11.3 Å². The molecule has 2 N–H and O–H groups in total. The number of sulfonamides is 1. The van der Waals surface area contributed by atoms with Crippen LogP contribution in [-0.4, -0.2) is 37.8 Å². The molecule has 0 aliphatic heterocycles. The lowest BCUT2D eigenvalue weighted by Crippen LogP contribution is -2.39. The first-order valence-corrected chi connectivity index (χ1v) is 10.2. The number of rotatable bonds is 5. The average Bonchev–Trinajstić information content (AvgIpc) is 2.89. The quantitative estimate of drug-likeness (QED) is 0.878. The predicted molar refractivity (Wildman–Crippen MR) is 101 cm³/mol. The minimum absolute atomic E-state index is 0.0509. The fraction of sp³-hybridized carbons (Fsp3) is 0.588. The summed E-state index contributed by atoms with van der Waals surface area (Å²) < 4.78 is 28.0. The minimum Gasteiger partial charge on any atom is -0.330 e. The van der Waals surface area contributed by atoms with Crippen LogP contribution in [0.3, 0.4) is 0 Å². The van der Waals surface area contributed by atoms with E-state index in [2.05, 4.69) is 25.8 Å². The lowest BCUT2D eigenvalue weighted by atomic mass is 9.94. The van der Waals surface area contributed by atoms with E-state index in [0.717, 1.165) is 15.2 Å². The summed E-state index contributed by atoms with van der Waals surface area (Å²) in [6.07, 6.45) is 0.